The molecule has 0 saturated heterocycles. The SMILES string of the molecule is COc1ncc(-c2cc3c(=O)n(CC(C)C(N)=O)cnc3cc2F)cc1NS(=O)(=O)c1ccc(C)cc1Cl. The Hall–Kier alpha value is -4.03. The summed E-state index contributed by atoms with van der Waals surface area (Å²) in [5, 5.41) is 0.112. The van der Waals surface area contributed by atoms with Crippen molar-refractivity contribution < 1.29 is 22.3 Å². The number of aromatic nitrogens is 3. The summed E-state index contributed by atoms with van der Waals surface area (Å²) < 4.78 is 50.1. The Morgan fingerprint density at radius 2 is 1.97 bits per heavy atom. The van der Waals surface area contributed by atoms with Crippen LogP contribution in [-0.4, -0.2) is 36.0 Å². The van der Waals surface area contributed by atoms with Crippen molar-refractivity contribution in [2.45, 2.75) is 25.3 Å². The second kappa shape index (κ2) is 10.4. The Balaban J connectivity index is 1.80. The Kier molecular flexibility index (Phi) is 7.38. The molecule has 0 saturated carbocycles. The molecule has 0 fully saturated rings. The summed E-state index contributed by atoms with van der Waals surface area (Å²) in [6.07, 6.45) is 2.51. The van der Waals surface area contributed by atoms with E-state index in [1.54, 1.807) is 19.9 Å². The lowest BCUT2D eigenvalue weighted by molar-refractivity contribution is -0.121. The Morgan fingerprint density at radius 3 is 2.63 bits per heavy atom. The van der Waals surface area contributed by atoms with Crippen LogP contribution in [0.3, 0.4) is 0 Å². The van der Waals surface area contributed by atoms with Crippen molar-refractivity contribution in [1.29, 1.82) is 0 Å². The van der Waals surface area contributed by atoms with Gasteiger partial charge < -0.3 is 10.5 Å². The van der Waals surface area contributed by atoms with Gasteiger partial charge in [-0.25, -0.2) is 22.8 Å². The lowest BCUT2D eigenvalue weighted by Gasteiger charge is -2.14. The summed E-state index contributed by atoms with van der Waals surface area (Å²) in [6.45, 7) is 3.35. The van der Waals surface area contributed by atoms with Gasteiger partial charge in [0.15, 0.2) is 0 Å². The smallest absolute Gasteiger partial charge is 0.263 e. The number of amides is 1. The summed E-state index contributed by atoms with van der Waals surface area (Å²) in [5.41, 5.74) is 5.76. The highest BCUT2D eigenvalue weighted by atomic mass is 35.5. The van der Waals surface area contributed by atoms with Crippen molar-refractivity contribution in [3.63, 3.8) is 0 Å². The molecule has 38 heavy (non-hydrogen) atoms. The van der Waals surface area contributed by atoms with Crippen LogP contribution in [0.4, 0.5) is 10.1 Å². The lowest BCUT2D eigenvalue weighted by atomic mass is 10.0. The van der Waals surface area contributed by atoms with Crippen LogP contribution in [0.5, 0.6) is 5.88 Å². The standard InChI is InChI=1S/C25H23ClFN5O5S/c1-13-4-5-22(18(26)6-13)38(35,36)31-21-7-15(10-29-24(21)37-3)16-8-17-20(9-19(16)27)30-12-32(25(17)34)11-14(2)23(28)33/h4-10,12,14,31H,11H2,1-3H3,(H2,28,33). The summed E-state index contributed by atoms with van der Waals surface area (Å²) >= 11 is 6.15. The lowest BCUT2D eigenvalue weighted by Crippen LogP contribution is -2.30. The van der Waals surface area contributed by atoms with Gasteiger partial charge in [-0.15, -0.1) is 0 Å². The number of primary amides is 1. The van der Waals surface area contributed by atoms with E-state index in [-0.39, 0.29) is 50.1 Å². The number of hydrogen-bond donors (Lipinski definition) is 2. The summed E-state index contributed by atoms with van der Waals surface area (Å²) in [4.78, 5) is 32.6. The number of sulfonamides is 1. The van der Waals surface area contributed by atoms with E-state index >= 15 is 4.39 Å². The van der Waals surface area contributed by atoms with Crippen LogP contribution in [-0.2, 0) is 21.4 Å². The molecule has 0 bridgehead atoms. The van der Waals surface area contributed by atoms with Crippen LogP contribution in [0.2, 0.25) is 5.02 Å². The van der Waals surface area contributed by atoms with Gasteiger partial charge in [-0.2, -0.15) is 0 Å². The largest absolute Gasteiger partial charge is 0.480 e. The predicted octanol–water partition coefficient (Wildman–Crippen LogP) is 3.49. The number of ether oxygens (including phenoxy) is 1. The highest BCUT2D eigenvalue weighted by Crippen LogP contribution is 2.33. The van der Waals surface area contributed by atoms with Crippen molar-refractivity contribution >= 4 is 44.1 Å². The molecule has 2 aromatic carbocycles. The van der Waals surface area contributed by atoms with Gasteiger partial charge in [-0.3, -0.25) is 18.9 Å². The zero-order valence-electron chi connectivity index (χ0n) is 20.5. The van der Waals surface area contributed by atoms with E-state index in [0.717, 1.165) is 11.6 Å². The number of aryl methyl sites for hydroxylation is 1. The molecule has 3 N–H and O–H groups in total. The van der Waals surface area contributed by atoms with Gasteiger partial charge in [0.05, 0.1) is 35.3 Å². The zero-order valence-corrected chi connectivity index (χ0v) is 22.1. The number of fused-ring (bicyclic) bond motifs is 1. The van der Waals surface area contributed by atoms with E-state index in [4.69, 9.17) is 22.1 Å². The van der Waals surface area contributed by atoms with Crippen molar-refractivity contribution in [3.05, 3.63) is 75.7 Å². The van der Waals surface area contributed by atoms with E-state index < -0.39 is 33.2 Å². The summed E-state index contributed by atoms with van der Waals surface area (Å²) in [7, 11) is -2.86. The zero-order chi connectivity index (χ0) is 27.8. The van der Waals surface area contributed by atoms with Gasteiger partial charge in [0.2, 0.25) is 11.8 Å². The Morgan fingerprint density at radius 1 is 1.24 bits per heavy atom. The molecule has 13 heteroatoms. The third kappa shape index (κ3) is 5.31. The van der Waals surface area contributed by atoms with Crippen molar-refractivity contribution in [2.75, 3.05) is 11.8 Å². The highest BCUT2D eigenvalue weighted by Gasteiger charge is 2.22. The number of nitrogens with two attached hydrogens (primary N) is 1. The number of anilines is 1. The van der Waals surface area contributed by atoms with Crippen LogP contribution < -0.4 is 20.8 Å². The van der Waals surface area contributed by atoms with Crippen molar-refractivity contribution in [3.8, 4) is 17.0 Å². The average molecular weight is 560 g/mol. The molecule has 4 aromatic rings. The quantitative estimate of drug-likeness (QED) is 0.336. The molecule has 0 aliphatic carbocycles. The molecule has 2 heterocycles. The van der Waals surface area contributed by atoms with Gasteiger partial charge in [0, 0.05) is 29.9 Å². The molecule has 1 amide bonds. The normalized spacial score (nSPS) is 12.3. The van der Waals surface area contributed by atoms with Crippen molar-refractivity contribution in [1.82, 2.24) is 14.5 Å². The first-order valence-corrected chi connectivity index (χ1v) is 13.1. The second-order valence-electron chi connectivity index (χ2n) is 8.67. The summed E-state index contributed by atoms with van der Waals surface area (Å²) in [6, 6.07) is 8.20. The van der Waals surface area contributed by atoms with E-state index in [1.165, 1.54) is 48.5 Å². The first-order chi connectivity index (χ1) is 17.9. The molecule has 1 unspecified atom stereocenters. The molecule has 0 spiro atoms. The molecule has 1 atom stereocenters. The van der Waals surface area contributed by atoms with Crippen LogP contribution in [0.1, 0.15) is 12.5 Å². The first kappa shape index (κ1) is 27.0. The van der Waals surface area contributed by atoms with E-state index in [1.807, 2.05) is 0 Å². The fourth-order valence-electron chi connectivity index (χ4n) is 3.78. The molecule has 198 valence electrons. The number of pyridine rings is 1. The maximum Gasteiger partial charge on any atom is 0.263 e. The fraction of sp³-hybridized carbons (Fsp3) is 0.200. The monoisotopic (exact) mass is 559 g/mol. The topological polar surface area (TPSA) is 146 Å². The molecule has 4 rings (SSSR count). The fourth-order valence-corrected chi connectivity index (χ4v) is 5.42. The molecule has 0 aliphatic rings. The van der Waals surface area contributed by atoms with Crippen LogP contribution in [0, 0.1) is 18.7 Å². The van der Waals surface area contributed by atoms with Gasteiger partial charge in [0.25, 0.3) is 15.6 Å². The van der Waals surface area contributed by atoms with Crippen LogP contribution in [0.15, 0.2) is 58.6 Å². The average Bonchev–Trinajstić information content (AvgIpc) is 2.85. The molecule has 0 aliphatic heterocycles. The van der Waals surface area contributed by atoms with E-state index in [2.05, 4.69) is 14.7 Å². The number of halogens is 2. The minimum atomic E-state index is -4.16. The highest BCUT2D eigenvalue weighted by molar-refractivity contribution is 7.92. The Labute approximate surface area is 222 Å². The van der Waals surface area contributed by atoms with Gasteiger partial charge in [-0.05, 0) is 36.8 Å². The van der Waals surface area contributed by atoms with Gasteiger partial charge in [-0.1, -0.05) is 24.6 Å². The Bertz CT molecular complexity index is 1740. The number of carbonyl (C=O) groups is 1. The minimum absolute atomic E-state index is 0.00139. The first-order valence-electron chi connectivity index (χ1n) is 11.2. The summed E-state index contributed by atoms with van der Waals surface area (Å²) in [5.74, 6) is -1.99. The maximum atomic E-state index is 15.1. The number of hydrogen-bond acceptors (Lipinski definition) is 7. The molecular formula is C25H23ClFN5O5S. The molecule has 2 aromatic heterocycles. The number of nitrogens with zero attached hydrogens (tertiary/aromatic N) is 3. The number of carbonyl (C=O) groups excluding carboxylic acids is 1. The maximum absolute atomic E-state index is 15.1. The second-order valence-corrected chi connectivity index (χ2v) is 10.7. The third-order valence-electron chi connectivity index (χ3n) is 5.85. The van der Waals surface area contributed by atoms with E-state index in [9.17, 15) is 18.0 Å². The van der Waals surface area contributed by atoms with Crippen LogP contribution >= 0.6 is 11.6 Å². The number of nitrogens with one attached hydrogen (secondary N) is 1. The van der Waals surface area contributed by atoms with Crippen molar-refractivity contribution in [2.24, 2.45) is 11.7 Å². The molecule has 0 radical (unpaired) electrons. The third-order valence-corrected chi connectivity index (χ3v) is 7.69. The van der Waals surface area contributed by atoms with Gasteiger partial charge in [0.1, 0.15) is 16.4 Å². The minimum Gasteiger partial charge on any atom is -0.480 e. The van der Waals surface area contributed by atoms with Gasteiger partial charge >= 0.3 is 0 Å². The number of rotatable bonds is 8. The number of methoxy groups -OCH3 is 1. The number of benzene rings is 2. The van der Waals surface area contributed by atoms with E-state index in [0.29, 0.717) is 0 Å². The predicted molar refractivity (Wildman–Crippen MR) is 141 cm³/mol. The van der Waals surface area contributed by atoms with Crippen LogP contribution in [0.25, 0.3) is 22.0 Å². The molecular weight excluding hydrogens is 537 g/mol. The molecule has 10 nitrogen and oxygen atoms in total.